The second kappa shape index (κ2) is 13.4. The van der Waals surface area contributed by atoms with Gasteiger partial charge in [0, 0.05) is 17.2 Å². The summed E-state index contributed by atoms with van der Waals surface area (Å²) in [6, 6.07) is 13.8. The number of methoxy groups -OCH3 is 3. The van der Waals surface area contributed by atoms with Crippen LogP contribution in [0.5, 0.6) is 17.2 Å². The summed E-state index contributed by atoms with van der Waals surface area (Å²) in [4.78, 5) is 5.55. The van der Waals surface area contributed by atoms with Crippen LogP contribution in [-0.2, 0) is 6.54 Å². The van der Waals surface area contributed by atoms with Crippen molar-refractivity contribution in [2.75, 3.05) is 33.6 Å². The van der Waals surface area contributed by atoms with E-state index in [4.69, 9.17) is 19.9 Å². The molecule has 0 aliphatic rings. The second-order valence-corrected chi connectivity index (χ2v) is 7.40. The Labute approximate surface area is 194 Å². The zero-order valence-electron chi connectivity index (χ0n) is 17.3. The lowest BCUT2D eigenvalue weighted by Crippen LogP contribution is -2.35. The van der Waals surface area contributed by atoms with Crippen LogP contribution in [0.25, 0.3) is 0 Å². The van der Waals surface area contributed by atoms with Gasteiger partial charge in [-0.15, -0.1) is 35.7 Å². The van der Waals surface area contributed by atoms with Crippen molar-refractivity contribution in [2.45, 2.75) is 18.4 Å². The standard InChI is InChI=1S/C21H29N3O3S.HI/c1-15(14-28-20-8-6-5-7-18(20)26-3)12-23-21(22)24-13-16-9-10-17(25-2)19(11-16)27-4;/h5-11,15H,12-14H2,1-4H3,(H3,22,23,24);1H. The summed E-state index contributed by atoms with van der Waals surface area (Å²) < 4.78 is 15.9. The molecule has 1 atom stereocenters. The first-order valence-electron chi connectivity index (χ1n) is 9.07. The van der Waals surface area contributed by atoms with Crippen molar-refractivity contribution < 1.29 is 14.2 Å². The van der Waals surface area contributed by atoms with Crippen LogP contribution < -0.4 is 25.3 Å². The largest absolute Gasteiger partial charge is 0.496 e. The Kier molecular flexibility index (Phi) is 11.7. The molecule has 160 valence electrons. The molecule has 6 nitrogen and oxygen atoms in total. The maximum atomic E-state index is 6.01. The van der Waals surface area contributed by atoms with Crippen molar-refractivity contribution >= 4 is 41.7 Å². The molecule has 0 aromatic heterocycles. The van der Waals surface area contributed by atoms with Crippen LogP contribution in [0.1, 0.15) is 12.5 Å². The van der Waals surface area contributed by atoms with E-state index in [0.29, 0.717) is 29.9 Å². The Hall–Kier alpha value is -1.81. The number of ether oxygens (including phenoxy) is 3. The van der Waals surface area contributed by atoms with Gasteiger partial charge < -0.3 is 25.3 Å². The molecule has 0 amide bonds. The Balaban J connectivity index is 0.00000420. The molecule has 0 fully saturated rings. The molecule has 0 bridgehead atoms. The van der Waals surface area contributed by atoms with Gasteiger partial charge in [-0.05, 0) is 35.7 Å². The van der Waals surface area contributed by atoms with Crippen molar-refractivity contribution in [3.63, 3.8) is 0 Å². The van der Waals surface area contributed by atoms with Gasteiger partial charge in [0.05, 0.1) is 27.9 Å². The number of guanidine groups is 1. The highest BCUT2D eigenvalue weighted by molar-refractivity contribution is 14.0. The average molecular weight is 531 g/mol. The molecule has 2 rings (SSSR count). The molecule has 0 heterocycles. The predicted molar refractivity (Wildman–Crippen MR) is 131 cm³/mol. The van der Waals surface area contributed by atoms with Crippen LogP contribution in [0.15, 0.2) is 52.4 Å². The summed E-state index contributed by atoms with van der Waals surface area (Å²) >= 11 is 1.78. The van der Waals surface area contributed by atoms with Crippen molar-refractivity contribution in [1.82, 2.24) is 5.32 Å². The van der Waals surface area contributed by atoms with Crippen LogP contribution >= 0.6 is 35.7 Å². The van der Waals surface area contributed by atoms with Gasteiger partial charge in [-0.25, -0.2) is 4.99 Å². The summed E-state index contributed by atoms with van der Waals surface area (Å²) in [6.07, 6.45) is 0. The minimum absolute atomic E-state index is 0. The number of halogens is 1. The molecule has 0 saturated heterocycles. The summed E-state index contributed by atoms with van der Waals surface area (Å²) in [6.45, 7) is 3.41. The number of nitrogens with zero attached hydrogens (tertiary/aromatic N) is 1. The zero-order valence-corrected chi connectivity index (χ0v) is 20.5. The van der Waals surface area contributed by atoms with Gasteiger partial charge in [-0.3, -0.25) is 0 Å². The van der Waals surface area contributed by atoms with Gasteiger partial charge in [0.15, 0.2) is 17.5 Å². The topological polar surface area (TPSA) is 78.1 Å². The number of aliphatic imine (C=N–C) groups is 1. The lowest BCUT2D eigenvalue weighted by atomic mass is 10.2. The maximum absolute atomic E-state index is 6.01. The lowest BCUT2D eigenvalue weighted by Gasteiger charge is -2.14. The Morgan fingerprint density at radius 2 is 1.72 bits per heavy atom. The number of rotatable bonds is 10. The van der Waals surface area contributed by atoms with Crippen LogP contribution in [0, 0.1) is 5.92 Å². The van der Waals surface area contributed by atoms with Crippen molar-refractivity contribution in [3.8, 4) is 17.2 Å². The molecular weight excluding hydrogens is 501 g/mol. The Morgan fingerprint density at radius 3 is 2.41 bits per heavy atom. The summed E-state index contributed by atoms with van der Waals surface area (Å²) in [7, 11) is 4.93. The summed E-state index contributed by atoms with van der Waals surface area (Å²) in [5.74, 6) is 4.10. The van der Waals surface area contributed by atoms with E-state index in [9.17, 15) is 0 Å². The number of nitrogens with two attached hydrogens (primary N) is 1. The van der Waals surface area contributed by atoms with Gasteiger partial charge in [0.25, 0.3) is 0 Å². The fourth-order valence-electron chi connectivity index (χ4n) is 2.52. The molecule has 3 N–H and O–H groups in total. The average Bonchev–Trinajstić information content (AvgIpc) is 2.74. The number of para-hydroxylation sites is 1. The molecule has 0 saturated carbocycles. The summed E-state index contributed by atoms with van der Waals surface area (Å²) in [5.41, 5.74) is 7.01. The molecular formula is C21H30IN3O3S. The minimum Gasteiger partial charge on any atom is -0.496 e. The monoisotopic (exact) mass is 531 g/mol. The minimum atomic E-state index is 0. The molecule has 0 aliphatic heterocycles. The van der Waals surface area contributed by atoms with Gasteiger partial charge in [-0.1, -0.05) is 25.1 Å². The first kappa shape index (κ1) is 25.2. The number of hydrogen-bond donors (Lipinski definition) is 2. The van der Waals surface area contributed by atoms with Crippen LogP contribution in [0.2, 0.25) is 0 Å². The van der Waals surface area contributed by atoms with Gasteiger partial charge in [-0.2, -0.15) is 0 Å². The molecule has 29 heavy (non-hydrogen) atoms. The molecule has 0 radical (unpaired) electrons. The summed E-state index contributed by atoms with van der Waals surface area (Å²) in [5, 5.41) is 3.20. The third kappa shape index (κ3) is 8.22. The van der Waals surface area contributed by atoms with E-state index in [1.54, 1.807) is 33.1 Å². The van der Waals surface area contributed by atoms with E-state index in [1.165, 1.54) is 0 Å². The third-order valence-corrected chi connectivity index (χ3v) is 5.49. The fraction of sp³-hybridized carbons (Fsp3) is 0.381. The molecule has 1 unspecified atom stereocenters. The SMILES string of the molecule is COc1ccc(CN=C(N)NCC(C)CSc2ccccc2OC)cc1OC.I. The number of thioether (sulfide) groups is 1. The number of hydrogen-bond acceptors (Lipinski definition) is 5. The lowest BCUT2D eigenvalue weighted by molar-refractivity contribution is 0.354. The van der Waals surface area contributed by atoms with Crippen molar-refractivity contribution in [1.29, 1.82) is 0 Å². The quantitative estimate of drug-likeness (QED) is 0.208. The second-order valence-electron chi connectivity index (χ2n) is 6.34. The smallest absolute Gasteiger partial charge is 0.188 e. The highest BCUT2D eigenvalue weighted by Gasteiger charge is 2.08. The maximum Gasteiger partial charge on any atom is 0.188 e. The first-order chi connectivity index (χ1) is 13.6. The molecule has 0 aliphatic carbocycles. The van der Waals surface area contributed by atoms with E-state index < -0.39 is 0 Å². The van der Waals surface area contributed by atoms with E-state index in [2.05, 4.69) is 23.3 Å². The Bertz CT molecular complexity index is 790. The first-order valence-corrected chi connectivity index (χ1v) is 10.1. The normalized spacial score (nSPS) is 11.9. The van der Waals surface area contributed by atoms with E-state index in [-0.39, 0.29) is 24.0 Å². The van der Waals surface area contributed by atoms with E-state index in [0.717, 1.165) is 28.5 Å². The van der Waals surface area contributed by atoms with Crippen LogP contribution in [0.4, 0.5) is 0 Å². The van der Waals surface area contributed by atoms with Gasteiger partial charge >= 0.3 is 0 Å². The third-order valence-electron chi connectivity index (χ3n) is 4.10. The van der Waals surface area contributed by atoms with Crippen molar-refractivity contribution in [3.05, 3.63) is 48.0 Å². The number of nitrogens with one attached hydrogen (secondary N) is 1. The van der Waals surface area contributed by atoms with Gasteiger partial charge in [0.1, 0.15) is 5.75 Å². The van der Waals surface area contributed by atoms with Gasteiger partial charge in [0.2, 0.25) is 0 Å². The van der Waals surface area contributed by atoms with Crippen LogP contribution in [-0.4, -0.2) is 39.6 Å². The fourth-order valence-corrected chi connectivity index (χ4v) is 3.57. The van der Waals surface area contributed by atoms with Crippen molar-refractivity contribution in [2.24, 2.45) is 16.6 Å². The zero-order chi connectivity index (χ0) is 20.4. The molecule has 2 aromatic rings. The van der Waals surface area contributed by atoms with E-state index >= 15 is 0 Å². The van der Waals surface area contributed by atoms with E-state index in [1.807, 2.05) is 36.4 Å². The number of benzene rings is 2. The highest BCUT2D eigenvalue weighted by Crippen LogP contribution is 2.30. The molecule has 8 heteroatoms. The highest BCUT2D eigenvalue weighted by atomic mass is 127. The molecule has 2 aromatic carbocycles. The molecule has 0 spiro atoms. The Morgan fingerprint density at radius 1 is 1.03 bits per heavy atom. The predicted octanol–water partition coefficient (Wildman–Crippen LogP) is 4.16. The van der Waals surface area contributed by atoms with Crippen LogP contribution in [0.3, 0.4) is 0 Å².